The third-order valence-corrected chi connectivity index (χ3v) is 7.01. The third kappa shape index (κ3) is 11.7. The number of nitrogens with one attached hydrogen (secondary N) is 2. The summed E-state index contributed by atoms with van der Waals surface area (Å²) in [5, 5.41) is 21.0. The number of carboxylic acids is 2. The fourth-order valence-corrected chi connectivity index (χ4v) is 4.24. The Hall–Kier alpha value is -3.85. The number of benzene rings is 2. The van der Waals surface area contributed by atoms with Crippen molar-refractivity contribution in [2.24, 2.45) is 5.92 Å². The first kappa shape index (κ1) is 34.6. The van der Waals surface area contributed by atoms with E-state index in [-0.39, 0.29) is 5.91 Å². The molecule has 0 radical (unpaired) electrons. The first-order chi connectivity index (χ1) is 20.6. The van der Waals surface area contributed by atoms with Crippen LogP contribution < -0.4 is 15.5 Å². The maximum Gasteiger partial charge on any atom is 0.490 e. The lowest BCUT2D eigenvalue weighted by atomic mass is 10.1. The molecule has 5 rings (SSSR count). The molecule has 0 spiro atoms. The Kier molecular flexibility index (Phi) is 12.0. The van der Waals surface area contributed by atoms with Gasteiger partial charge in [0.05, 0.1) is 13.2 Å². The van der Waals surface area contributed by atoms with E-state index in [4.69, 9.17) is 24.5 Å². The lowest BCUT2D eigenvalue weighted by Gasteiger charge is -2.28. The lowest BCUT2D eigenvalue weighted by Crippen LogP contribution is -2.36. The molecule has 0 unspecified atom stereocenters. The summed E-state index contributed by atoms with van der Waals surface area (Å²) in [6.45, 7) is 5.16. The first-order valence-corrected chi connectivity index (χ1v) is 13.8. The highest BCUT2D eigenvalue weighted by molar-refractivity contribution is 5.94. The van der Waals surface area contributed by atoms with Crippen molar-refractivity contribution in [3.63, 3.8) is 0 Å². The molecular weight excluding hydrogens is 600 g/mol. The van der Waals surface area contributed by atoms with Crippen molar-refractivity contribution in [2.75, 3.05) is 37.7 Å². The molecule has 2 saturated carbocycles. The molecule has 2 aromatic rings. The monoisotopic (exact) mass is 633 g/mol. The molecule has 1 saturated heterocycles. The lowest BCUT2D eigenvalue weighted by molar-refractivity contribution is -0.193. The van der Waals surface area contributed by atoms with E-state index in [0.29, 0.717) is 18.5 Å². The number of nitrogens with zero attached hydrogens (tertiary/aromatic N) is 1. The van der Waals surface area contributed by atoms with E-state index in [9.17, 15) is 31.1 Å². The Morgan fingerprint density at radius 2 is 1.36 bits per heavy atom. The van der Waals surface area contributed by atoms with Crippen LogP contribution >= 0.6 is 0 Å². The van der Waals surface area contributed by atoms with Crippen molar-refractivity contribution in [1.82, 2.24) is 10.6 Å². The number of carbonyl (C=O) groups excluding carboxylic acids is 1. The van der Waals surface area contributed by atoms with Crippen molar-refractivity contribution in [3.05, 3.63) is 65.2 Å². The Labute approximate surface area is 249 Å². The molecule has 15 heteroatoms. The van der Waals surface area contributed by atoms with Crippen LogP contribution in [0.3, 0.4) is 0 Å². The van der Waals surface area contributed by atoms with Gasteiger partial charge in [-0.25, -0.2) is 9.59 Å². The number of ether oxygens (including phenoxy) is 1. The van der Waals surface area contributed by atoms with Gasteiger partial charge in [-0.2, -0.15) is 26.3 Å². The molecule has 1 heterocycles. The maximum absolute atomic E-state index is 12.5. The maximum atomic E-state index is 12.5. The summed E-state index contributed by atoms with van der Waals surface area (Å²) >= 11 is 0. The van der Waals surface area contributed by atoms with Crippen LogP contribution in [-0.2, 0) is 20.9 Å². The fraction of sp³-hybridized carbons (Fsp3) is 0.483. The zero-order chi connectivity index (χ0) is 32.5. The normalized spacial score (nSPS) is 19.5. The van der Waals surface area contributed by atoms with Crippen LogP contribution in [0.2, 0.25) is 0 Å². The van der Waals surface area contributed by atoms with Gasteiger partial charge in [0.15, 0.2) is 0 Å². The smallest absolute Gasteiger partial charge is 0.475 e. The van der Waals surface area contributed by atoms with Gasteiger partial charge < -0.3 is 30.5 Å². The number of rotatable bonds is 8. The Morgan fingerprint density at radius 1 is 0.841 bits per heavy atom. The average Bonchev–Trinajstić information content (AvgIpc) is 3.91. The SMILES string of the molecule is O=C(NCc1ccc(N2CCOCC2)cc1)c1ccc([C@@H]2C[C@H]2NCC2CC2)cc1.O=C(O)C(F)(F)F.O=C(O)C(F)(F)F. The Bertz CT molecular complexity index is 1220. The van der Waals surface area contributed by atoms with Gasteiger partial charge in [-0.1, -0.05) is 24.3 Å². The van der Waals surface area contributed by atoms with E-state index >= 15 is 0 Å². The van der Waals surface area contributed by atoms with Gasteiger partial charge in [0, 0.05) is 42.8 Å². The van der Waals surface area contributed by atoms with E-state index in [1.165, 1.54) is 37.1 Å². The summed E-state index contributed by atoms with van der Waals surface area (Å²) in [6, 6.07) is 17.2. The second-order valence-electron chi connectivity index (χ2n) is 10.5. The van der Waals surface area contributed by atoms with Crippen molar-refractivity contribution >= 4 is 23.5 Å². The minimum atomic E-state index is -5.08. The number of carboxylic acid groups (broad SMARTS) is 2. The van der Waals surface area contributed by atoms with Crippen molar-refractivity contribution < 1.29 is 55.7 Å². The van der Waals surface area contributed by atoms with Gasteiger partial charge in [-0.05, 0) is 67.1 Å². The van der Waals surface area contributed by atoms with Crippen LogP contribution in [0.25, 0.3) is 0 Å². The van der Waals surface area contributed by atoms with Gasteiger partial charge in [0.1, 0.15) is 0 Å². The second kappa shape index (κ2) is 15.2. The predicted octanol–water partition coefficient (Wildman–Crippen LogP) is 4.58. The zero-order valence-corrected chi connectivity index (χ0v) is 23.5. The van der Waals surface area contributed by atoms with E-state index in [0.717, 1.165) is 43.3 Å². The van der Waals surface area contributed by atoms with Crippen molar-refractivity contribution in [3.8, 4) is 0 Å². The number of anilines is 1. The number of halogens is 6. The van der Waals surface area contributed by atoms with Crippen molar-refractivity contribution in [2.45, 2.75) is 50.1 Å². The highest BCUT2D eigenvalue weighted by Crippen LogP contribution is 2.41. The zero-order valence-electron chi connectivity index (χ0n) is 23.5. The number of aliphatic carboxylic acids is 2. The molecule has 242 valence electrons. The average molecular weight is 634 g/mol. The predicted molar refractivity (Wildman–Crippen MR) is 146 cm³/mol. The second-order valence-corrected chi connectivity index (χ2v) is 10.5. The van der Waals surface area contributed by atoms with Gasteiger partial charge in [0.2, 0.25) is 0 Å². The molecule has 44 heavy (non-hydrogen) atoms. The van der Waals surface area contributed by atoms with E-state index < -0.39 is 24.3 Å². The summed E-state index contributed by atoms with van der Waals surface area (Å²) in [6.07, 6.45) is -6.16. The van der Waals surface area contributed by atoms with Gasteiger partial charge >= 0.3 is 24.3 Å². The number of morpholine rings is 1. The van der Waals surface area contributed by atoms with Crippen LogP contribution in [0.1, 0.15) is 46.7 Å². The molecule has 2 aromatic carbocycles. The summed E-state index contributed by atoms with van der Waals surface area (Å²) in [7, 11) is 0. The van der Waals surface area contributed by atoms with Crippen LogP contribution in [0.15, 0.2) is 48.5 Å². The largest absolute Gasteiger partial charge is 0.490 e. The molecule has 2 atom stereocenters. The molecule has 3 fully saturated rings. The summed E-state index contributed by atoms with van der Waals surface area (Å²) < 4.78 is 68.9. The molecule has 2 aliphatic carbocycles. The Morgan fingerprint density at radius 3 is 1.84 bits per heavy atom. The molecule has 1 aliphatic heterocycles. The van der Waals surface area contributed by atoms with E-state index in [2.05, 4.69) is 51.9 Å². The van der Waals surface area contributed by atoms with E-state index in [1.54, 1.807) is 0 Å². The molecule has 4 N–H and O–H groups in total. The molecule has 9 nitrogen and oxygen atoms in total. The topological polar surface area (TPSA) is 128 Å². The van der Waals surface area contributed by atoms with Crippen LogP contribution in [0.4, 0.5) is 32.0 Å². The minimum absolute atomic E-state index is 0.0157. The Balaban J connectivity index is 0.000000317. The fourth-order valence-electron chi connectivity index (χ4n) is 4.24. The van der Waals surface area contributed by atoms with Crippen molar-refractivity contribution in [1.29, 1.82) is 0 Å². The molecule has 0 bridgehead atoms. The summed E-state index contributed by atoms with van der Waals surface area (Å²) in [5.74, 6) is -3.99. The first-order valence-electron chi connectivity index (χ1n) is 13.8. The van der Waals surface area contributed by atoms with Crippen LogP contribution in [0, 0.1) is 5.92 Å². The van der Waals surface area contributed by atoms with Gasteiger partial charge in [-0.3, -0.25) is 4.79 Å². The van der Waals surface area contributed by atoms with Crippen LogP contribution in [-0.4, -0.2) is 79.3 Å². The molecule has 0 aromatic heterocycles. The molecular formula is C29H33F6N3O6. The van der Waals surface area contributed by atoms with Gasteiger partial charge in [-0.15, -0.1) is 0 Å². The number of amides is 1. The minimum Gasteiger partial charge on any atom is -0.475 e. The summed E-state index contributed by atoms with van der Waals surface area (Å²) in [5.41, 5.74) is 4.40. The number of alkyl halides is 6. The molecule has 1 amide bonds. The quantitative estimate of drug-likeness (QED) is 0.312. The highest BCUT2D eigenvalue weighted by atomic mass is 19.4. The highest BCUT2D eigenvalue weighted by Gasteiger charge is 2.39. The van der Waals surface area contributed by atoms with Crippen LogP contribution in [0.5, 0.6) is 0 Å². The van der Waals surface area contributed by atoms with E-state index in [1.807, 2.05) is 12.1 Å². The number of carbonyl (C=O) groups is 3. The number of hydrogen-bond donors (Lipinski definition) is 4. The van der Waals surface area contributed by atoms with Gasteiger partial charge in [0.25, 0.3) is 5.91 Å². The molecule has 3 aliphatic rings. The number of hydrogen-bond acceptors (Lipinski definition) is 6. The third-order valence-electron chi connectivity index (χ3n) is 7.01. The summed E-state index contributed by atoms with van der Waals surface area (Å²) in [4.78, 5) is 32.7. The standard InChI is InChI=1S/C25H31N3O2.2C2HF3O2/c29-25(27-17-19-3-9-22(10-4-19)28-11-13-30-14-12-28)21-7-5-20(6-8-21)23-15-24(23)26-16-18-1-2-18;2*3-2(4,5)1(6)7/h3-10,18,23-24,26H,1-2,11-17H2,(H,27,29);2*(H,6,7)/t23-,24+;;/m0../s1.